The zero-order valence-electron chi connectivity index (χ0n) is 12.8. The van der Waals surface area contributed by atoms with Crippen LogP contribution < -0.4 is 0 Å². The van der Waals surface area contributed by atoms with Gasteiger partial charge in [0, 0.05) is 57.2 Å². The van der Waals surface area contributed by atoms with Crippen molar-refractivity contribution in [3.63, 3.8) is 0 Å². The third-order valence-electron chi connectivity index (χ3n) is 4.33. The van der Waals surface area contributed by atoms with Crippen molar-refractivity contribution < 1.29 is 0 Å². The summed E-state index contributed by atoms with van der Waals surface area (Å²) in [6.07, 6.45) is 5.22. The summed E-state index contributed by atoms with van der Waals surface area (Å²) < 4.78 is 2.25. The molecular formula is C15H28N4. The molecule has 1 atom stereocenters. The molecule has 2 heterocycles. The molecule has 1 unspecified atom stereocenters. The maximum absolute atomic E-state index is 4.28. The van der Waals surface area contributed by atoms with E-state index in [-0.39, 0.29) is 0 Å². The van der Waals surface area contributed by atoms with Gasteiger partial charge in [0.15, 0.2) is 0 Å². The molecule has 2 rings (SSSR count). The highest BCUT2D eigenvalue weighted by molar-refractivity contribution is 4.89. The van der Waals surface area contributed by atoms with Crippen LogP contribution in [0.5, 0.6) is 0 Å². The molecule has 1 aliphatic heterocycles. The molecule has 0 N–H and O–H groups in total. The molecule has 0 aliphatic carbocycles. The Morgan fingerprint density at radius 3 is 2.68 bits per heavy atom. The van der Waals surface area contributed by atoms with Crippen molar-refractivity contribution in [2.75, 3.05) is 26.2 Å². The lowest BCUT2D eigenvalue weighted by molar-refractivity contribution is 0.0478. The molecule has 0 spiro atoms. The van der Waals surface area contributed by atoms with Gasteiger partial charge in [0.25, 0.3) is 0 Å². The van der Waals surface area contributed by atoms with Crippen molar-refractivity contribution in [2.24, 2.45) is 0 Å². The van der Waals surface area contributed by atoms with Gasteiger partial charge in [-0.3, -0.25) is 9.80 Å². The summed E-state index contributed by atoms with van der Waals surface area (Å²) >= 11 is 0. The quantitative estimate of drug-likeness (QED) is 0.813. The summed E-state index contributed by atoms with van der Waals surface area (Å²) in [7, 11) is 0. The second-order valence-electron chi connectivity index (χ2n) is 5.86. The van der Waals surface area contributed by atoms with Gasteiger partial charge in [-0.05, 0) is 27.2 Å². The van der Waals surface area contributed by atoms with Crippen LogP contribution in [-0.4, -0.2) is 57.6 Å². The minimum Gasteiger partial charge on any atom is -0.334 e. The number of rotatable bonds is 5. The Hall–Kier alpha value is -0.870. The monoisotopic (exact) mass is 264 g/mol. The van der Waals surface area contributed by atoms with Crippen LogP contribution in [0.25, 0.3) is 0 Å². The van der Waals surface area contributed by atoms with E-state index in [0.717, 1.165) is 25.0 Å². The van der Waals surface area contributed by atoms with Crippen molar-refractivity contribution in [1.82, 2.24) is 19.4 Å². The smallest absolute Gasteiger partial charge is 0.105 e. The standard InChI is InChI=1S/C15H28N4/c1-5-15-12-17(9-11-19(15)13(2)3)8-10-18-7-6-16-14(18)4/h6-7,13,15H,5,8-12H2,1-4H3. The van der Waals surface area contributed by atoms with E-state index in [2.05, 4.69) is 53.2 Å². The first kappa shape index (κ1) is 14.5. The van der Waals surface area contributed by atoms with Crippen molar-refractivity contribution in [3.8, 4) is 0 Å². The van der Waals surface area contributed by atoms with Gasteiger partial charge in [0.2, 0.25) is 0 Å². The number of aromatic nitrogens is 2. The topological polar surface area (TPSA) is 24.3 Å². The maximum atomic E-state index is 4.28. The molecule has 1 aromatic rings. The zero-order chi connectivity index (χ0) is 13.8. The second-order valence-corrected chi connectivity index (χ2v) is 5.86. The summed E-state index contributed by atoms with van der Waals surface area (Å²) in [5, 5.41) is 0. The second kappa shape index (κ2) is 6.53. The molecule has 0 amide bonds. The molecule has 0 radical (unpaired) electrons. The molecule has 4 nitrogen and oxygen atoms in total. The first-order chi connectivity index (χ1) is 9.11. The van der Waals surface area contributed by atoms with Crippen LogP contribution in [0.2, 0.25) is 0 Å². The fourth-order valence-corrected chi connectivity index (χ4v) is 3.07. The lowest BCUT2D eigenvalue weighted by atomic mass is 10.1. The van der Waals surface area contributed by atoms with Gasteiger partial charge in [0.05, 0.1) is 0 Å². The van der Waals surface area contributed by atoms with Gasteiger partial charge in [0.1, 0.15) is 5.82 Å². The number of nitrogens with zero attached hydrogens (tertiary/aromatic N) is 4. The Bertz CT molecular complexity index is 385. The summed E-state index contributed by atoms with van der Waals surface area (Å²) in [5.41, 5.74) is 0. The molecule has 1 aliphatic rings. The van der Waals surface area contributed by atoms with Gasteiger partial charge in [-0.2, -0.15) is 0 Å². The highest BCUT2D eigenvalue weighted by atomic mass is 15.3. The predicted molar refractivity (Wildman–Crippen MR) is 79.3 cm³/mol. The van der Waals surface area contributed by atoms with Crippen LogP contribution >= 0.6 is 0 Å². The van der Waals surface area contributed by atoms with Crippen LogP contribution in [0.1, 0.15) is 33.0 Å². The number of imidazole rings is 1. The summed E-state index contributed by atoms with van der Waals surface area (Å²) in [6, 6.07) is 1.39. The van der Waals surface area contributed by atoms with Gasteiger partial charge in [-0.15, -0.1) is 0 Å². The highest BCUT2D eigenvalue weighted by Crippen LogP contribution is 2.15. The highest BCUT2D eigenvalue weighted by Gasteiger charge is 2.26. The first-order valence-electron chi connectivity index (χ1n) is 7.57. The van der Waals surface area contributed by atoms with Crippen molar-refractivity contribution >= 4 is 0 Å². The van der Waals surface area contributed by atoms with E-state index in [4.69, 9.17) is 0 Å². The van der Waals surface area contributed by atoms with Crippen LogP contribution in [0.4, 0.5) is 0 Å². The summed E-state index contributed by atoms with van der Waals surface area (Å²) in [4.78, 5) is 9.54. The fraction of sp³-hybridized carbons (Fsp3) is 0.800. The molecule has 108 valence electrons. The van der Waals surface area contributed by atoms with Gasteiger partial charge >= 0.3 is 0 Å². The maximum Gasteiger partial charge on any atom is 0.105 e. The number of aryl methyl sites for hydroxylation is 1. The number of piperazine rings is 1. The van der Waals surface area contributed by atoms with E-state index in [1.54, 1.807) is 0 Å². The van der Waals surface area contributed by atoms with Crippen molar-refractivity contribution in [3.05, 3.63) is 18.2 Å². The Kier molecular flexibility index (Phi) is 4.99. The summed E-state index contributed by atoms with van der Waals surface area (Å²) in [6.45, 7) is 14.8. The lowest BCUT2D eigenvalue weighted by Gasteiger charge is -2.43. The molecule has 1 fully saturated rings. The van der Waals surface area contributed by atoms with E-state index >= 15 is 0 Å². The Labute approximate surface area is 117 Å². The third kappa shape index (κ3) is 3.57. The van der Waals surface area contributed by atoms with E-state index < -0.39 is 0 Å². The Balaban J connectivity index is 1.85. The first-order valence-corrected chi connectivity index (χ1v) is 7.57. The van der Waals surface area contributed by atoms with E-state index in [1.165, 1.54) is 26.1 Å². The van der Waals surface area contributed by atoms with Crippen LogP contribution in [-0.2, 0) is 6.54 Å². The Morgan fingerprint density at radius 2 is 2.11 bits per heavy atom. The average molecular weight is 264 g/mol. The molecule has 1 aromatic heterocycles. The number of hydrogen-bond donors (Lipinski definition) is 0. The lowest BCUT2D eigenvalue weighted by Crippen LogP contribution is -2.55. The van der Waals surface area contributed by atoms with E-state index in [0.29, 0.717) is 6.04 Å². The molecule has 4 heteroatoms. The van der Waals surface area contributed by atoms with Gasteiger partial charge in [-0.1, -0.05) is 6.92 Å². The molecule has 19 heavy (non-hydrogen) atoms. The molecular weight excluding hydrogens is 236 g/mol. The van der Waals surface area contributed by atoms with Crippen LogP contribution in [0.15, 0.2) is 12.4 Å². The normalized spacial score (nSPS) is 22.3. The molecule has 0 bridgehead atoms. The Morgan fingerprint density at radius 1 is 1.32 bits per heavy atom. The minimum atomic E-state index is 0.669. The SMILES string of the molecule is CCC1CN(CCn2ccnc2C)CCN1C(C)C. The largest absolute Gasteiger partial charge is 0.334 e. The number of hydrogen-bond acceptors (Lipinski definition) is 3. The molecule has 0 saturated carbocycles. The fourth-order valence-electron chi connectivity index (χ4n) is 3.07. The van der Waals surface area contributed by atoms with Crippen molar-refractivity contribution in [1.29, 1.82) is 0 Å². The zero-order valence-corrected chi connectivity index (χ0v) is 12.8. The summed E-state index contributed by atoms with van der Waals surface area (Å²) in [5.74, 6) is 1.12. The molecule has 0 aromatic carbocycles. The van der Waals surface area contributed by atoms with Crippen LogP contribution in [0, 0.1) is 6.92 Å². The van der Waals surface area contributed by atoms with Crippen LogP contribution in [0.3, 0.4) is 0 Å². The predicted octanol–water partition coefficient (Wildman–Crippen LogP) is 2.00. The minimum absolute atomic E-state index is 0.669. The van der Waals surface area contributed by atoms with Gasteiger partial charge < -0.3 is 4.57 Å². The van der Waals surface area contributed by atoms with E-state index in [9.17, 15) is 0 Å². The average Bonchev–Trinajstić information content (AvgIpc) is 2.81. The molecule has 1 saturated heterocycles. The van der Waals surface area contributed by atoms with Gasteiger partial charge in [-0.25, -0.2) is 4.98 Å². The third-order valence-corrected chi connectivity index (χ3v) is 4.33. The van der Waals surface area contributed by atoms with E-state index in [1.807, 2.05) is 6.20 Å². The van der Waals surface area contributed by atoms with Crippen molar-refractivity contribution in [2.45, 2.75) is 52.7 Å².